The van der Waals surface area contributed by atoms with Crippen molar-refractivity contribution in [2.75, 3.05) is 24.6 Å². The largest absolute Gasteiger partial charge is 0.383 e. The molecule has 5 nitrogen and oxygen atoms in total. The maximum atomic E-state index is 5.79. The van der Waals surface area contributed by atoms with Crippen molar-refractivity contribution in [1.29, 1.82) is 0 Å². The quantitative estimate of drug-likeness (QED) is 0.554. The Bertz CT molecular complexity index is 323. The smallest absolute Gasteiger partial charge is 0.224 e. The molecule has 0 saturated heterocycles. The molecule has 0 aromatic carbocycles. The van der Waals surface area contributed by atoms with E-state index in [0.717, 1.165) is 30.8 Å². The number of nitrogens with one attached hydrogen (secondary N) is 2. The first-order chi connectivity index (χ1) is 6.31. The molecule has 1 aliphatic rings. The van der Waals surface area contributed by atoms with Gasteiger partial charge in [0.15, 0.2) is 0 Å². The lowest BCUT2D eigenvalue weighted by molar-refractivity contribution is 0.629. The van der Waals surface area contributed by atoms with E-state index in [2.05, 4.69) is 20.6 Å². The molecule has 13 heavy (non-hydrogen) atoms. The van der Waals surface area contributed by atoms with Gasteiger partial charge in [-0.05, 0) is 0 Å². The van der Waals surface area contributed by atoms with Gasteiger partial charge in [0.25, 0.3) is 0 Å². The Kier molecular flexibility index (Phi) is 2.02. The van der Waals surface area contributed by atoms with E-state index in [9.17, 15) is 0 Å². The second-order valence-electron chi connectivity index (χ2n) is 3.03. The zero-order valence-electron chi connectivity index (χ0n) is 7.59. The third-order valence-corrected chi connectivity index (χ3v) is 2.19. The molecule has 1 aliphatic heterocycles. The average molecular weight is 179 g/mol. The summed E-state index contributed by atoms with van der Waals surface area (Å²) in [6, 6.07) is 0. The van der Waals surface area contributed by atoms with Crippen LogP contribution in [0.1, 0.15) is 11.3 Å². The predicted molar refractivity (Wildman–Crippen MR) is 51.4 cm³/mol. The lowest BCUT2D eigenvalue weighted by atomic mass is 10.1. The molecule has 0 saturated carbocycles. The van der Waals surface area contributed by atoms with E-state index in [0.29, 0.717) is 11.8 Å². The zero-order valence-corrected chi connectivity index (χ0v) is 7.59. The zero-order chi connectivity index (χ0) is 9.26. The minimum Gasteiger partial charge on any atom is -0.383 e. The molecule has 4 N–H and O–H groups in total. The lowest BCUT2D eigenvalue weighted by Crippen LogP contribution is -2.26. The molecule has 0 spiro atoms. The fourth-order valence-corrected chi connectivity index (χ4v) is 1.48. The van der Waals surface area contributed by atoms with Crippen LogP contribution in [0.15, 0.2) is 0 Å². The number of hydrogen-bond donors (Lipinski definition) is 3. The summed E-state index contributed by atoms with van der Waals surface area (Å²) < 4.78 is 0. The summed E-state index contributed by atoms with van der Waals surface area (Å²) in [6.45, 7) is 1.75. The van der Waals surface area contributed by atoms with Gasteiger partial charge < -0.3 is 16.4 Å². The second kappa shape index (κ2) is 3.18. The molecule has 0 bridgehead atoms. The Balaban J connectivity index is 2.47. The van der Waals surface area contributed by atoms with Crippen molar-refractivity contribution in [3.8, 4) is 0 Å². The average Bonchev–Trinajstić information content (AvgIpc) is 2.18. The first-order valence-corrected chi connectivity index (χ1v) is 4.35. The van der Waals surface area contributed by atoms with E-state index in [-0.39, 0.29) is 0 Å². The van der Waals surface area contributed by atoms with Gasteiger partial charge >= 0.3 is 0 Å². The van der Waals surface area contributed by atoms with Crippen molar-refractivity contribution in [3.05, 3.63) is 11.3 Å². The third-order valence-electron chi connectivity index (χ3n) is 2.19. The lowest BCUT2D eigenvalue weighted by Gasteiger charge is -2.17. The van der Waals surface area contributed by atoms with Gasteiger partial charge in [0.1, 0.15) is 5.82 Å². The van der Waals surface area contributed by atoms with Crippen molar-refractivity contribution in [2.24, 2.45) is 0 Å². The number of fused-ring (bicyclic) bond motifs is 1. The van der Waals surface area contributed by atoms with Gasteiger partial charge in [-0.25, -0.2) is 4.98 Å². The molecule has 2 heterocycles. The number of hydrogen-bond acceptors (Lipinski definition) is 5. The van der Waals surface area contributed by atoms with Gasteiger partial charge in [0.05, 0.1) is 5.69 Å². The standard InChI is InChI=1S/C8H13N5/c1-10-8-12-6-2-3-11-4-5(6)7(9)13-8/h11H,2-4H2,1H3,(H3,9,10,12,13). The summed E-state index contributed by atoms with van der Waals surface area (Å²) in [5, 5.41) is 6.13. The second-order valence-corrected chi connectivity index (χ2v) is 3.03. The Morgan fingerprint density at radius 2 is 2.31 bits per heavy atom. The van der Waals surface area contributed by atoms with E-state index in [1.807, 2.05) is 0 Å². The van der Waals surface area contributed by atoms with Crippen molar-refractivity contribution in [1.82, 2.24) is 15.3 Å². The van der Waals surface area contributed by atoms with Crippen LogP contribution in [0.4, 0.5) is 11.8 Å². The molecule has 5 heteroatoms. The Labute approximate surface area is 76.8 Å². The van der Waals surface area contributed by atoms with Crippen LogP contribution in [0, 0.1) is 0 Å². The van der Waals surface area contributed by atoms with Crippen LogP contribution in [0.2, 0.25) is 0 Å². The number of nitrogens with two attached hydrogens (primary N) is 1. The third kappa shape index (κ3) is 1.42. The van der Waals surface area contributed by atoms with Crippen LogP contribution in [0.3, 0.4) is 0 Å². The Morgan fingerprint density at radius 3 is 3.08 bits per heavy atom. The van der Waals surface area contributed by atoms with Crippen molar-refractivity contribution >= 4 is 11.8 Å². The normalized spacial score (nSPS) is 15.2. The van der Waals surface area contributed by atoms with Gasteiger partial charge in [-0.15, -0.1) is 0 Å². The van der Waals surface area contributed by atoms with Gasteiger partial charge in [-0.2, -0.15) is 4.98 Å². The van der Waals surface area contributed by atoms with Crippen molar-refractivity contribution in [2.45, 2.75) is 13.0 Å². The van der Waals surface area contributed by atoms with Crippen LogP contribution >= 0.6 is 0 Å². The highest BCUT2D eigenvalue weighted by molar-refractivity contribution is 5.47. The molecule has 2 rings (SSSR count). The van der Waals surface area contributed by atoms with Crippen LogP contribution in [-0.4, -0.2) is 23.6 Å². The number of anilines is 2. The minimum atomic E-state index is 0.585. The molecule has 0 atom stereocenters. The Morgan fingerprint density at radius 1 is 1.46 bits per heavy atom. The fraction of sp³-hybridized carbons (Fsp3) is 0.500. The summed E-state index contributed by atoms with van der Waals surface area (Å²) in [7, 11) is 1.79. The summed E-state index contributed by atoms with van der Waals surface area (Å²) in [6.07, 6.45) is 0.927. The number of aromatic nitrogens is 2. The maximum absolute atomic E-state index is 5.79. The van der Waals surface area contributed by atoms with Gasteiger partial charge in [0.2, 0.25) is 5.95 Å². The summed E-state index contributed by atoms with van der Waals surface area (Å²) >= 11 is 0. The van der Waals surface area contributed by atoms with Gasteiger partial charge in [0, 0.05) is 32.1 Å². The predicted octanol–water partition coefficient (Wildman–Crippen LogP) is -0.254. The summed E-state index contributed by atoms with van der Waals surface area (Å²) in [5.41, 5.74) is 7.90. The van der Waals surface area contributed by atoms with E-state index < -0.39 is 0 Å². The molecular weight excluding hydrogens is 166 g/mol. The van der Waals surface area contributed by atoms with Crippen LogP contribution in [0.25, 0.3) is 0 Å². The highest BCUT2D eigenvalue weighted by atomic mass is 15.1. The fourth-order valence-electron chi connectivity index (χ4n) is 1.48. The molecule has 70 valence electrons. The highest BCUT2D eigenvalue weighted by Gasteiger charge is 2.14. The first-order valence-electron chi connectivity index (χ1n) is 4.35. The first kappa shape index (κ1) is 8.25. The molecule has 1 aromatic heterocycles. The number of nitrogens with zero attached hydrogens (tertiary/aromatic N) is 2. The molecule has 1 aromatic rings. The van der Waals surface area contributed by atoms with Gasteiger partial charge in [-0.1, -0.05) is 0 Å². The minimum absolute atomic E-state index is 0.585. The van der Waals surface area contributed by atoms with E-state index >= 15 is 0 Å². The highest BCUT2D eigenvalue weighted by Crippen LogP contribution is 2.18. The SMILES string of the molecule is CNc1nc(N)c2c(n1)CCNC2. The number of nitrogen functional groups attached to an aromatic ring is 1. The van der Waals surface area contributed by atoms with E-state index in [1.54, 1.807) is 7.05 Å². The monoisotopic (exact) mass is 179 g/mol. The van der Waals surface area contributed by atoms with Gasteiger partial charge in [-0.3, -0.25) is 0 Å². The van der Waals surface area contributed by atoms with Crippen LogP contribution in [0.5, 0.6) is 0 Å². The van der Waals surface area contributed by atoms with Crippen LogP contribution in [-0.2, 0) is 13.0 Å². The van der Waals surface area contributed by atoms with E-state index in [4.69, 9.17) is 5.73 Å². The molecule has 0 radical (unpaired) electrons. The molecule has 0 amide bonds. The number of rotatable bonds is 1. The van der Waals surface area contributed by atoms with Crippen molar-refractivity contribution in [3.63, 3.8) is 0 Å². The molecule has 0 unspecified atom stereocenters. The van der Waals surface area contributed by atoms with E-state index in [1.165, 1.54) is 0 Å². The molecule has 0 fully saturated rings. The molecular formula is C8H13N5. The topological polar surface area (TPSA) is 75.9 Å². The maximum Gasteiger partial charge on any atom is 0.224 e. The van der Waals surface area contributed by atoms with Crippen molar-refractivity contribution < 1.29 is 0 Å². The Hall–Kier alpha value is -1.36. The molecule has 0 aliphatic carbocycles. The summed E-state index contributed by atoms with van der Waals surface area (Å²) in [5.74, 6) is 1.19. The summed E-state index contributed by atoms with van der Waals surface area (Å²) in [4.78, 5) is 8.47. The van der Waals surface area contributed by atoms with Crippen LogP contribution < -0.4 is 16.4 Å².